The van der Waals surface area contributed by atoms with Crippen LogP contribution in [0, 0.1) is 11.3 Å². The van der Waals surface area contributed by atoms with Crippen LogP contribution < -0.4 is 4.90 Å². The van der Waals surface area contributed by atoms with Crippen LogP contribution in [0.4, 0.5) is 5.69 Å². The summed E-state index contributed by atoms with van der Waals surface area (Å²) in [5.74, 6) is 0. The van der Waals surface area contributed by atoms with Crippen LogP contribution in [0.15, 0.2) is 29.8 Å². The molecule has 0 saturated heterocycles. The first-order valence-electron chi connectivity index (χ1n) is 4.84. The Labute approximate surface area is 98.6 Å². The standard InChI is InChI=1S/C12H11N3S/c1-15(2)10-5-3-4-9(8-13)11(10)12-14-6-7-16-12/h3-7H,1-2H3. The summed E-state index contributed by atoms with van der Waals surface area (Å²) < 4.78 is 0. The van der Waals surface area contributed by atoms with Crippen molar-refractivity contribution in [3.63, 3.8) is 0 Å². The van der Waals surface area contributed by atoms with Crippen LogP contribution in [-0.4, -0.2) is 19.1 Å². The molecular weight excluding hydrogens is 218 g/mol. The first kappa shape index (κ1) is 10.7. The molecule has 80 valence electrons. The van der Waals surface area contributed by atoms with Crippen molar-refractivity contribution < 1.29 is 0 Å². The molecule has 16 heavy (non-hydrogen) atoms. The second-order valence-electron chi connectivity index (χ2n) is 3.54. The predicted octanol–water partition coefficient (Wildman–Crippen LogP) is 2.75. The molecule has 1 aromatic heterocycles. The van der Waals surface area contributed by atoms with E-state index in [4.69, 9.17) is 5.26 Å². The molecule has 0 aliphatic heterocycles. The van der Waals surface area contributed by atoms with Crippen LogP contribution in [0.2, 0.25) is 0 Å². The van der Waals surface area contributed by atoms with Crippen molar-refractivity contribution in [3.05, 3.63) is 35.3 Å². The minimum absolute atomic E-state index is 0.668. The molecule has 0 N–H and O–H groups in total. The Balaban J connectivity index is 2.70. The van der Waals surface area contributed by atoms with E-state index in [1.54, 1.807) is 17.5 Å². The number of nitriles is 1. The summed E-state index contributed by atoms with van der Waals surface area (Å²) in [6.07, 6.45) is 1.76. The quantitative estimate of drug-likeness (QED) is 0.795. The Hall–Kier alpha value is -1.86. The van der Waals surface area contributed by atoms with Crippen molar-refractivity contribution in [2.24, 2.45) is 0 Å². The lowest BCUT2D eigenvalue weighted by Crippen LogP contribution is -2.10. The maximum Gasteiger partial charge on any atom is 0.126 e. The van der Waals surface area contributed by atoms with Gasteiger partial charge in [-0.25, -0.2) is 4.98 Å². The number of hydrogen-bond acceptors (Lipinski definition) is 4. The Morgan fingerprint density at radius 1 is 1.38 bits per heavy atom. The Morgan fingerprint density at radius 2 is 2.19 bits per heavy atom. The number of anilines is 1. The van der Waals surface area contributed by atoms with E-state index in [-0.39, 0.29) is 0 Å². The normalized spacial score (nSPS) is 9.81. The van der Waals surface area contributed by atoms with Crippen LogP contribution in [0.25, 0.3) is 10.6 Å². The molecule has 3 nitrogen and oxygen atoms in total. The molecule has 0 aliphatic rings. The van der Waals surface area contributed by atoms with E-state index < -0.39 is 0 Å². The van der Waals surface area contributed by atoms with Gasteiger partial charge in [0, 0.05) is 31.4 Å². The zero-order chi connectivity index (χ0) is 11.5. The zero-order valence-corrected chi connectivity index (χ0v) is 9.95. The van der Waals surface area contributed by atoms with Crippen molar-refractivity contribution in [3.8, 4) is 16.6 Å². The van der Waals surface area contributed by atoms with Gasteiger partial charge in [0.15, 0.2) is 0 Å². The summed E-state index contributed by atoms with van der Waals surface area (Å²) in [4.78, 5) is 6.28. The Kier molecular flexibility index (Phi) is 2.88. The van der Waals surface area contributed by atoms with Crippen LogP contribution in [0.5, 0.6) is 0 Å². The zero-order valence-electron chi connectivity index (χ0n) is 9.14. The highest BCUT2D eigenvalue weighted by atomic mass is 32.1. The number of benzene rings is 1. The molecule has 0 bridgehead atoms. The monoisotopic (exact) mass is 229 g/mol. The van der Waals surface area contributed by atoms with Crippen LogP contribution >= 0.6 is 11.3 Å². The molecule has 0 radical (unpaired) electrons. The van der Waals surface area contributed by atoms with Gasteiger partial charge in [-0.1, -0.05) is 6.07 Å². The van der Waals surface area contributed by atoms with Crippen molar-refractivity contribution >= 4 is 17.0 Å². The van der Waals surface area contributed by atoms with Crippen molar-refractivity contribution in [2.75, 3.05) is 19.0 Å². The summed E-state index contributed by atoms with van der Waals surface area (Å²) in [6.45, 7) is 0. The van der Waals surface area contributed by atoms with Crippen LogP contribution in [-0.2, 0) is 0 Å². The maximum absolute atomic E-state index is 9.13. The fraction of sp³-hybridized carbons (Fsp3) is 0.167. The maximum atomic E-state index is 9.13. The van der Waals surface area contributed by atoms with Gasteiger partial charge in [0.05, 0.1) is 17.2 Å². The number of hydrogen-bond donors (Lipinski definition) is 0. The van der Waals surface area contributed by atoms with Gasteiger partial charge < -0.3 is 4.90 Å². The summed E-state index contributed by atoms with van der Waals surface area (Å²) in [5, 5.41) is 11.9. The van der Waals surface area contributed by atoms with Crippen LogP contribution in [0.1, 0.15) is 5.56 Å². The van der Waals surface area contributed by atoms with Gasteiger partial charge in [0.2, 0.25) is 0 Å². The third-order valence-electron chi connectivity index (χ3n) is 2.29. The van der Waals surface area contributed by atoms with Gasteiger partial charge in [0.1, 0.15) is 5.01 Å². The fourth-order valence-electron chi connectivity index (χ4n) is 1.58. The van der Waals surface area contributed by atoms with E-state index in [0.717, 1.165) is 16.3 Å². The molecule has 0 saturated carbocycles. The lowest BCUT2D eigenvalue weighted by atomic mass is 10.1. The summed E-state index contributed by atoms with van der Waals surface area (Å²) in [7, 11) is 3.93. The van der Waals surface area contributed by atoms with Gasteiger partial charge >= 0.3 is 0 Å². The number of thiazole rings is 1. The minimum Gasteiger partial charge on any atom is -0.377 e. The SMILES string of the molecule is CN(C)c1cccc(C#N)c1-c1nccs1. The summed E-state index contributed by atoms with van der Waals surface area (Å²) >= 11 is 1.55. The third kappa shape index (κ3) is 1.77. The second kappa shape index (κ2) is 4.33. The highest BCUT2D eigenvalue weighted by Crippen LogP contribution is 2.33. The topological polar surface area (TPSA) is 39.9 Å². The molecule has 2 aromatic rings. The van der Waals surface area contributed by atoms with E-state index >= 15 is 0 Å². The average Bonchev–Trinajstić information content (AvgIpc) is 2.81. The molecule has 4 heteroatoms. The van der Waals surface area contributed by atoms with Crippen molar-refractivity contribution in [2.45, 2.75) is 0 Å². The Morgan fingerprint density at radius 3 is 2.75 bits per heavy atom. The first-order chi connectivity index (χ1) is 7.74. The molecule has 0 unspecified atom stereocenters. The van der Waals surface area contributed by atoms with Gasteiger partial charge in [0.25, 0.3) is 0 Å². The number of rotatable bonds is 2. The third-order valence-corrected chi connectivity index (χ3v) is 3.08. The Bertz CT molecular complexity index is 524. The van der Waals surface area contributed by atoms with E-state index in [1.165, 1.54) is 0 Å². The lowest BCUT2D eigenvalue weighted by molar-refractivity contribution is 1.13. The smallest absolute Gasteiger partial charge is 0.126 e. The highest BCUT2D eigenvalue weighted by molar-refractivity contribution is 7.13. The molecular formula is C12H11N3S. The molecule has 0 fully saturated rings. The number of nitrogens with zero attached hydrogens (tertiary/aromatic N) is 3. The van der Waals surface area contributed by atoms with Crippen LogP contribution in [0.3, 0.4) is 0 Å². The lowest BCUT2D eigenvalue weighted by Gasteiger charge is -2.16. The van der Waals surface area contributed by atoms with Crippen molar-refractivity contribution in [1.82, 2.24) is 4.98 Å². The molecule has 2 rings (SSSR count). The molecule has 0 atom stereocenters. The highest BCUT2D eigenvalue weighted by Gasteiger charge is 2.13. The molecule has 0 spiro atoms. The minimum atomic E-state index is 0.668. The first-order valence-corrected chi connectivity index (χ1v) is 5.72. The van der Waals surface area contributed by atoms with Crippen molar-refractivity contribution in [1.29, 1.82) is 5.26 Å². The predicted molar refractivity (Wildman–Crippen MR) is 66.6 cm³/mol. The van der Waals surface area contributed by atoms with E-state index in [2.05, 4.69) is 11.1 Å². The average molecular weight is 229 g/mol. The molecule has 1 aromatic carbocycles. The molecule has 0 amide bonds. The fourth-order valence-corrected chi connectivity index (χ4v) is 2.28. The second-order valence-corrected chi connectivity index (χ2v) is 4.44. The summed E-state index contributed by atoms with van der Waals surface area (Å²) in [5.41, 5.74) is 2.61. The van der Waals surface area contributed by atoms with E-state index in [9.17, 15) is 0 Å². The van der Waals surface area contributed by atoms with Gasteiger partial charge in [-0.15, -0.1) is 11.3 Å². The largest absolute Gasteiger partial charge is 0.377 e. The summed E-state index contributed by atoms with van der Waals surface area (Å²) in [6, 6.07) is 7.93. The van der Waals surface area contributed by atoms with Gasteiger partial charge in [-0.3, -0.25) is 0 Å². The van der Waals surface area contributed by atoms with E-state index in [0.29, 0.717) is 5.56 Å². The van der Waals surface area contributed by atoms with Gasteiger partial charge in [-0.2, -0.15) is 5.26 Å². The van der Waals surface area contributed by atoms with E-state index in [1.807, 2.05) is 42.6 Å². The van der Waals surface area contributed by atoms with Gasteiger partial charge in [-0.05, 0) is 12.1 Å². The number of aromatic nitrogens is 1. The molecule has 1 heterocycles. The molecule has 0 aliphatic carbocycles.